The fourth-order valence-corrected chi connectivity index (χ4v) is 3.87. The van der Waals surface area contributed by atoms with E-state index in [1.54, 1.807) is 36.4 Å². The predicted octanol–water partition coefficient (Wildman–Crippen LogP) is 5.17. The van der Waals surface area contributed by atoms with Crippen LogP contribution in [0, 0.1) is 13.8 Å². The van der Waals surface area contributed by atoms with Gasteiger partial charge in [0.05, 0.1) is 24.4 Å². The van der Waals surface area contributed by atoms with E-state index in [0.717, 1.165) is 11.1 Å². The van der Waals surface area contributed by atoms with E-state index in [-0.39, 0.29) is 17.9 Å². The largest absolute Gasteiger partial charge is 0.507 e. The van der Waals surface area contributed by atoms with Gasteiger partial charge in [0.15, 0.2) is 0 Å². The summed E-state index contributed by atoms with van der Waals surface area (Å²) in [6.45, 7) is 3.86. The smallest absolute Gasteiger partial charge is 0.296 e. The maximum atomic E-state index is 13.0. The van der Waals surface area contributed by atoms with Crippen molar-refractivity contribution in [1.82, 2.24) is 4.90 Å². The molecule has 2 aromatic carbocycles. The molecule has 4 rings (SSSR count). The summed E-state index contributed by atoms with van der Waals surface area (Å²) in [5, 5.41) is 11.7. The number of amides is 1. The third-order valence-corrected chi connectivity index (χ3v) is 5.53. The summed E-state index contributed by atoms with van der Waals surface area (Å²) in [5.41, 5.74) is 3.02. The Labute approximate surface area is 179 Å². The first-order valence-corrected chi connectivity index (χ1v) is 9.88. The van der Waals surface area contributed by atoms with Crippen LogP contribution in [0.25, 0.3) is 5.76 Å². The quantitative estimate of drug-likeness (QED) is 0.358. The van der Waals surface area contributed by atoms with Crippen LogP contribution in [0.5, 0.6) is 0 Å². The van der Waals surface area contributed by atoms with Gasteiger partial charge in [-0.3, -0.25) is 9.59 Å². The van der Waals surface area contributed by atoms with E-state index >= 15 is 0 Å². The average molecular weight is 422 g/mol. The Kier molecular flexibility index (Phi) is 5.22. The maximum absolute atomic E-state index is 13.0. The van der Waals surface area contributed by atoms with Crippen LogP contribution in [0.3, 0.4) is 0 Å². The number of benzene rings is 2. The van der Waals surface area contributed by atoms with Crippen LogP contribution >= 0.6 is 11.6 Å². The van der Waals surface area contributed by atoms with Crippen molar-refractivity contribution in [1.29, 1.82) is 0 Å². The standard InChI is InChI=1S/C24H20ClNO4/c1-14-5-6-15(2)19(12-14)22(27)20-21(16-7-9-17(25)10-8-16)26(24(29)23(20)28)13-18-4-3-11-30-18/h3-12,21,27H,13H2,1-2H3. The number of furan rings is 1. The second-order valence-corrected chi connectivity index (χ2v) is 7.81. The van der Waals surface area contributed by atoms with Crippen molar-refractivity contribution in [2.45, 2.75) is 26.4 Å². The van der Waals surface area contributed by atoms with Crippen molar-refractivity contribution >= 4 is 29.1 Å². The van der Waals surface area contributed by atoms with Gasteiger partial charge in [0.25, 0.3) is 11.7 Å². The number of rotatable bonds is 4. The molecule has 1 aliphatic heterocycles. The van der Waals surface area contributed by atoms with Crippen LogP contribution < -0.4 is 0 Å². The van der Waals surface area contributed by atoms with Crippen LogP contribution in [-0.4, -0.2) is 21.7 Å². The number of ketones is 1. The first-order chi connectivity index (χ1) is 14.4. The molecule has 152 valence electrons. The fourth-order valence-electron chi connectivity index (χ4n) is 3.74. The topological polar surface area (TPSA) is 70.8 Å². The minimum absolute atomic E-state index is 0.0579. The molecule has 2 heterocycles. The Balaban J connectivity index is 1.90. The number of nitrogens with zero attached hydrogens (tertiary/aromatic N) is 1. The zero-order valence-corrected chi connectivity index (χ0v) is 17.3. The number of hydrogen-bond acceptors (Lipinski definition) is 4. The van der Waals surface area contributed by atoms with Gasteiger partial charge in [-0.25, -0.2) is 0 Å². The third kappa shape index (κ3) is 3.53. The van der Waals surface area contributed by atoms with Crippen LogP contribution in [0.15, 0.2) is 70.9 Å². The number of carbonyl (C=O) groups excluding carboxylic acids is 2. The van der Waals surface area contributed by atoms with Crippen molar-refractivity contribution in [2.75, 3.05) is 0 Å². The summed E-state index contributed by atoms with van der Waals surface area (Å²) in [4.78, 5) is 27.4. The second-order valence-electron chi connectivity index (χ2n) is 7.38. The van der Waals surface area contributed by atoms with E-state index in [4.69, 9.17) is 16.0 Å². The lowest BCUT2D eigenvalue weighted by Crippen LogP contribution is -2.29. The van der Waals surface area contributed by atoms with Crippen LogP contribution in [0.2, 0.25) is 5.02 Å². The zero-order valence-electron chi connectivity index (χ0n) is 16.6. The minimum Gasteiger partial charge on any atom is -0.507 e. The molecule has 1 amide bonds. The molecular formula is C24H20ClNO4. The van der Waals surface area contributed by atoms with Crippen molar-refractivity contribution in [3.8, 4) is 0 Å². The molecule has 1 fully saturated rings. The average Bonchev–Trinajstić information content (AvgIpc) is 3.32. The van der Waals surface area contributed by atoms with Gasteiger partial charge in [0.1, 0.15) is 11.5 Å². The summed E-state index contributed by atoms with van der Waals surface area (Å²) in [5.74, 6) is -1.04. The van der Waals surface area contributed by atoms with Gasteiger partial charge in [-0.2, -0.15) is 0 Å². The first-order valence-electron chi connectivity index (χ1n) is 9.50. The summed E-state index contributed by atoms with van der Waals surface area (Å²) in [6.07, 6.45) is 1.51. The molecule has 1 saturated heterocycles. The van der Waals surface area contributed by atoms with E-state index in [2.05, 4.69) is 0 Å². The van der Waals surface area contributed by atoms with Gasteiger partial charge >= 0.3 is 0 Å². The lowest BCUT2D eigenvalue weighted by Gasteiger charge is -2.24. The number of aryl methyl sites for hydroxylation is 2. The first kappa shape index (κ1) is 20.0. The van der Waals surface area contributed by atoms with E-state index in [0.29, 0.717) is 21.9 Å². The summed E-state index contributed by atoms with van der Waals surface area (Å²) in [7, 11) is 0. The van der Waals surface area contributed by atoms with Crippen LogP contribution in [0.1, 0.15) is 34.1 Å². The Morgan fingerprint density at radius 3 is 2.50 bits per heavy atom. The Morgan fingerprint density at radius 1 is 1.10 bits per heavy atom. The van der Waals surface area contributed by atoms with Crippen molar-refractivity contribution in [3.63, 3.8) is 0 Å². The number of carbonyl (C=O) groups is 2. The lowest BCUT2D eigenvalue weighted by molar-refractivity contribution is -0.140. The highest BCUT2D eigenvalue weighted by atomic mass is 35.5. The Morgan fingerprint density at radius 2 is 1.83 bits per heavy atom. The molecule has 1 aromatic heterocycles. The second kappa shape index (κ2) is 7.84. The van der Waals surface area contributed by atoms with Crippen LogP contribution in [-0.2, 0) is 16.1 Å². The van der Waals surface area contributed by atoms with Gasteiger partial charge < -0.3 is 14.4 Å². The molecule has 1 atom stereocenters. The number of halogens is 1. The molecule has 0 spiro atoms. The SMILES string of the molecule is Cc1ccc(C)c(C(O)=C2C(=O)C(=O)N(Cc3ccco3)C2c2ccc(Cl)cc2)c1. The van der Waals surface area contributed by atoms with Gasteiger partial charge in [-0.05, 0) is 55.3 Å². The zero-order chi connectivity index (χ0) is 21.4. The van der Waals surface area contributed by atoms with Crippen molar-refractivity contribution in [2.24, 2.45) is 0 Å². The summed E-state index contributed by atoms with van der Waals surface area (Å²) in [6, 6.07) is 15.2. The number of likely N-dealkylation sites (tertiary alicyclic amines) is 1. The fraction of sp³-hybridized carbons (Fsp3) is 0.167. The predicted molar refractivity (Wildman–Crippen MR) is 114 cm³/mol. The highest BCUT2D eigenvalue weighted by Crippen LogP contribution is 2.41. The van der Waals surface area contributed by atoms with Gasteiger partial charge in [-0.15, -0.1) is 0 Å². The van der Waals surface area contributed by atoms with Crippen molar-refractivity contribution in [3.05, 3.63) is 99.5 Å². The molecule has 0 bridgehead atoms. The summed E-state index contributed by atoms with van der Waals surface area (Å²) >= 11 is 6.04. The number of aliphatic hydroxyl groups is 1. The molecule has 30 heavy (non-hydrogen) atoms. The highest BCUT2D eigenvalue weighted by Gasteiger charge is 2.46. The molecule has 1 N–H and O–H groups in total. The van der Waals surface area contributed by atoms with E-state index < -0.39 is 17.7 Å². The lowest BCUT2D eigenvalue weighted by atomic mass is 9.93. The van der Waals surface area contributed by atoms with Crippen molar-refractivity contribution < 1.29 is 19.1 Å². The van der Waals surface area contributed by atoms with Gasteiger partial charge in [-0.1, -0.05) is 41.4 Å². The number of Topliss-reactive ketones (excluding diaryl/α,β-unsaturated/α-hetero) is 1. The summed E-state index contributed by atoms with van der Waals surface area (Å²) < 4.78 is 5.39. The molecule has 1 unspecified atom stereocenters. The molecule has 5 nitrogen and oxygen atoms in total. The molecule has 0 radical (unpaired) electrons. The third-order valence-electron chi connectivity index (χ3n) is 5.28. The monoisotopic (exact) mass is 421 g/mol. The van der Waals surface area contributed by atoms with E-state index in [1.165, 1.54) is 11.2 Å². The molecule has 3 aromatic rings. The molecule has 0 saturated carbocycles. The minimum atomic E-state index is -0.757. The van der Waals surface area contributed by atoms with Gasteiger partial charge in [0.2, 0.25) is 0 Å². The molecule has 0 aliphatic carbocycles. The molecule has 6 heteroatoms. The molecular weight excluding hydrogens is 402 g/mol. The Bertz CT molecular complexity index is 1150. The normalized spacial score (nSPS) is 18.2. The van der Waals surface area contributed by atoms with E-state index in [1.807, 2.05) is 32.0 Å². The van der Waals surface area contributed by atoms with Crippen LogP contribution in [0.4, 0.5) is 0 Å². The number of aliphatic hydroxyl groups excluding tert-OH is 1. The maximum Gasteiger partial charge on any atom is 0.296 e. The van der Waals surface area contributed by atoms with E-state index in [9.17, 15) is 14.7 Å². The number of hydrogen-bond donors (Lipinski definition) is 1. The highest BCUT2D eigenvalue weighted by molar-refractivity contribution is 6.46. The Hall–Kier alpha value is -3.31. The molecule has 1 aliphatic rings. The van der Waals surface area contributed by atoms with Gasteiger partial charge in [0, 0.05) is 10.6 Å².